The first-order valence-corrected chi connectivity index (χ1v) is 12.1. The van der Waals surface area contributed by atoms with Crippen molar-refractivity contribution in [2.45, 2.75) is 32.7 Å². The van der Waals surface area contributed by atoms with Gasteiger partial charge in [0.15, 0.2) is 0 Å². The maximum atomic E-state index is 6.30. The number of ether oxygens (including phenoxy) is 1. The standard InChI is InChI=1S/C24H27ClN2OS2/c1-15(2)11-13-30-24(29)27-12-10-19-20-14-17(25)6-9-21(20)26-22(19)23(27)16-4-7-18(28-3)8-5-16/h4-9,14-15,23,26H,10-13H2,1-3H3. The molecule has 1 atom stereocenters. The molecular formula is C24H27ClN2OS2. The second-order valence-corrected chi connectivity index (χ2v) is 10.3. The molecule has 1 aliphatic rings. The Labute approximate surface area is 193 Å². The summed E-state index contributed by atoms with van der Waals surface area (Å²) in [6.07, 6.45) is 2.12. The number of hydrogen-bond acceptors (Lipinski definition) is 3. The Morgan fingerprint density at radius 3 is 2.73 bits per heavy atom. The first-order chi connectivity index (χ1) is 14.5. The SMILES string of the molecule is COc1ccc(C2c3[nH]c4ccc(Cl)cc4c3CCN2C(=S)SCCC(C)C)cc1. The molecule has 0 spiro atoms. The summed E-state index contributed by atoms with van der Waals surface area (Å²) < 4.78 is 6.34. The van der Waals surface area contributed by atoms with Gasteiger partial charge in [0, 0.05) is 33.9 Å². The fourth-order valence-corrected chi connectivity index (χ4v) is 5.80. The number of aromatic amines is 1. The first-order valence-electron chi connectivity index (χ1n) is 10.3. The summed E-state index contributed by atoms with van der Waals surface area (Å²) >= 11 is 14.0. The quantitative estimate of drug-likeness (QED) is 0.423. The van der Waals surface area contributed by atoms with E-state index in [-0.39, 0.29) is 6.04 Å². The van der Waals surface area contributed by atoms with Crippen LogP contribution in [0.25, 0.3) is 10.9 Å². The third kappa shape index (κ3) is 4.34. The summed E-state index contributed by atoms with van der Waals surface area (Å²) in [5.41, 5.74) is 4.90. The van der Waals surface area contributed by atoms with Crippen LogP contribution in [0, 0.1) is 5.92 Å². The number of aromatic nitrogens is 1. The van der Waals surface area contributed by atoms with Crippen LogP contribution in [-0.4, -0.2) is 33.6 Å². The van der Waals surface area contributed by atoms with Gasteiger partial charge in [0.25, 0.3) is 0 Å². The van der Waals surface area contributed by atoms with Crippen LogP contribution in [0.4, 0.5) is 0 Å². The molecule has 3 aromatic rings. The van der Waals surface area contributed by atoms with Crippen molar-refractivity contribution in [3.63, 3.8) is 0 Å². The number of nitrogens with one attached hydrogen (secondary N) is 1. The van der Waals surface area contributed by atoms with E-state index < -0.39 is 0 Å². The molecule has 6 heteroatoms. The van der Waals surface area contributed by atoms with E-state index in [2.05, 4.69) is 48.0 Å². The van der Waals surface area contributed by atoms with Crippen molar-refractivity contribution in [3.05, 3.63) is 64.3 Å². The van der Waals surface area contributed by atoms with E-state index in [4.69, 9.17) is 28.6 Å². The Kier molecular flexibility index (Phi) is 6.61. The summed E-state index contributed by atoms with van der Waals surface area (Å²) in [5.74, 6) is 2.60. The molecule has 1 N–H and O–H groups in total. The number of rotatable bonds is 5. The average Bonchev–Trinajstić information content (AvgIpc) is 3.10. The minimum Gasteiger partial charge on any atom is -0.497 e. The minimum absolute atomic E-state index is 0.0601. The van der Waals surface area contributed by atoms with Crippen molar-refractivity contribution in [1.82, 2.24) is 9.88 Å². The molecule has 158 valence electrons. The van der Waals surface area contributed by atoms with Crippen LogP contribution in [-0.2, 0) is 6.42 Å². The number of nitrogens with zero attached hydrogens (tertiary/aromatic N) is 1. The summed E-state index contributed by atoms with van der Waals surface area (Å²) in [6.45, 7) is 5.41. The molecule has 2 heterocycles. The lowest BCUT2D eigenvalue weighted by Crippen LogP contribution is -2.38. The number of thiocarbonyl (C=S) groups is 1. The number of methoxy groups -OCH3 is 1. The van der Waals surface area contributed by atoms with E-state index >= 15 is 0 Å². The van der Waals surface area contributed by atoms with Gasteiger partial charge in [-0.25, -0.2) is 0 Å². The van der Waals surface area contributed by atoms with Gasteiger partial charge in [-0.1, -0.05) is 61.6 Å². The van der Waals surface area contributed by atoms with Crippen molar-refractivity contribution in [1.29, 1.82) is 0 Å². The van der Waals surface area contributed by atoms with E-state index in [0.29, 0.717) is 5.92 Å². The van der Waals surface area contributed by atoms with Crippen LogP contribution >= 0.6 is 35.6 Å². The van der Waals surface area contributed by atoms with Gasteiger partial charge in [-0.15, -0.1) is 0 Å². The van der Waals surface area contributed by atoms with Crippen LogP contribution in [0.3, 0.4) is 0 Å². The molecular weight excluding hydrogens is 432 g/mol. The maximum absolute atomic E-state index is 6.30. The lowest BCUT2D eigenvalue weighted by molar-refractivity contribution is 0.345. The summed E-state index contributed by atoms with van der Waals surface area (Å²) in [6, 6.07) is 14.5. The second kappa shape index (κ2) is 9.21. The fourth-order valence-electron chi connectivity index (χ4n) is 4.06. The zero-order valence-corrected chi connectivity index (χ0v) is 20.0. The zero-order chi connectivity index (χ0) is 21.3. The molecule has 3 nitrogen and oxygen atoms in total. The molecule has 0 amide bonds. The highest BCUT2D eigenvalue weighted by molar-refractivity contribution is 8.22. The average molecular weight is 459 g/mol. The third-order valence-electron chi connectivity index (χ3n) is 5.68. The van der Waals surface area contributed by atoms with Crippen LogP contribution in [0.1, 0.15) is 43.1 Å². The van der Waals surface area contributed by atoms with Gasteiger partial charge in [0.1, 0.15) is 10.1 Å². The molecule has 0 fully saturated rings. The molecule has 2 aromatic carbocycles. The monoisotopic (exact) mass is 458 g/mol. The van der Waals surface area contributed by atoms with Gasteiger partial charge in [-0.3, -0.25) is 0 Å². The van der Waals surface area contributed by atoms with E-state index in [0.717, 1.165) is 39.3 Å². The molecule has 1 aliphatic heterocycles. The van der Waals surface area contributed by atoms with Gasteiger partial charge < -0.3 is 14.6 Å². The van der Waals surface area contributed by atoms with E-state index in [1.807, 2.05) is 18.2 Å². The normalized spacial score (nSPS) is 16.2. The molecule has 0 saturated heterocycles. The number of H-pyrrole nitrogens is 1. The Hall–Kier alpha value is -1.69. The van der Waals surface area contributed by atoms with Crippen molar-refractivity contribution < 1.29 is 4.74 Å². The van der Waals surface area contributed by atoms with Gasteiger partial charge in [0.05, 0.1) is 13.2 Å². The zero-order valence-electron chi connectivity index (χ0n) is 17.6. The van der Waals surface area contributed by atoms with E-state index in [1.165, 1.54) is 28.6 Å². The smallest absolute Gasteiger partial charge is 0.137 e. The number of hydrogen-bond donors (Lipinski definition) is 1. The van der Waals surface area contributed by atoms with Crippen LogP contribution in [0.15, 0.2) is 42.5 Å². The Balaban J connectivity index is 1.74. The highest BCUT2D eigenvalue weighted by Crippen LogP contribution is 2.40. The Bertz CT molecular complexity index is 1050. The molecule has 1 unspecified atom stereocenters. The number of thioether (sulfide) groups is 1. The molecule has 0 radical (unpaired) electrons. The van der Waals surface area contributed by atoms with Gasteiger partial charge in [-0.2, -0.15) is 0 Å². The van der Waals surface area contributed by atoms with Gasteiger partial charge in [0.2, 0.25) is 0 Å². The lowest BCUT2D eigenvalue weighted by Gasteiger charge is -2.37. The van der Waals surface area contributed by atoms with Crippen molar-refractivity contribution >= 4 is 50.8 Å². The molecule has 0 aliphatic carbocycles. The van der Waals surface area contributed by atoms with Crippen LogP contribution < -0.4 is 4.74 Å². The lowest BCUT2D eigenvalue weighted by atomic mass is 9.93. The Morgan fingerprint density at radius 1 is 1.27 bits per heavy atom. The highest BCUT2D eigenvalue weighted by Gasteiger charge is 2.33. The summed E-state index contributed by atoms with van der Waals surface area (Å²) in [4.78, 5) is 6.06. The molecule has 30 heavy (non-hydrogen) atoms. The molecule has 0 bridgehead atoms. The van der Waals surface area contributed by atoms with Crippen LogP contribution in [0.2, 0.25) is 5.02 Å². The molecule has 1 aromatic heterocycles. The predicted octanol–water partition coefficient (Wildman–Crippen LogP) is 6.84. The fraction of sp³-hybridized carbons (Fsp3) is 0.375. The second-order valence-electron chi connectivity index (χ2n) is 8.12. The Morgan fingerprint density at radius 2 is 2.03 bits per heavy atom. The summed E-state index contributed by atoms with van der Waals surface area (Å²) in [5, 5.41) is 1.99. The highest BCUT2D eigenvalue weighted by atomic mass is 35.5. The van der Waals surface area contributed by atoms with Gasteiger partial charge >= 0.3 is 0 Å². The molecule has 0 saturated carbocycles. The van der Waals surface area contributed by atoms with Crippen molar-refractivity contribution in [2.75, 3.05) is 19.4 Å². The topological polar surface area (TPSA) is 28.3 Å². The maximum Gasteiger partial charge on any atom is 0.137 e. The first kappa shape index (κ1) is 21.5. The largest absolute Gasteiger partial charge is 0.497 e. The minimum atomic E-state index is 0.0601. The third-order valence-corrected chi connectivity index (χ3v) is 7.42. The summed E-state index contributed by atoms with van der Waals surface area (Å²) in [7, 11) is 1.70. The van der Waals surface area contributed by atoms with Crippen molar-refractivity contribution in [3.8, 4) is 5.75 Å². The van der Waals surface area contributed by atoms with Gasteiger partial charge in [-0.05, 0) is 60.2 Å². The number of benzene rings is 2. The number of halogens is 1. The predicted molar refractivity (Wildman–Crippen MR) is 133 cm³/mol. The van der Waals surface area contributed by atoms with Crippen molar-refractivity contribution in [2.24, 2.45) is 5.92 Å². The van der Waals surface area contributed by atoms with Crippen LogP contribution in [0.5, 0.6) is 5.75 Å². The molecule has 4 rings (SSSR count). The number of fused-ring (bicyclic) bond motifs is 3. The van der Waals surface area contributed by atoms with E-state index in [9.17, 15) is 0 Å². The van der Waals surface area contributed by atoms with E-state index in [1.54, 1.807) is 18.9 Å².